The smallest absolute Gasteiger partial charge is 0.248 e. The Balaban J connectivity index is 1.30. The summed E-state index contributed by atoms with van der Waals surface area (Å²) in [7, 11) is 1.57. The van der Waals surface area contributed by atoms with Crippen LogP contribution < -0.4 is 20.7 Å². The van der Waals surface area contributed by atoms with E-state index in [1.807, 2.05) is 73.7 Å². The third kappa shape index (κ3) is 7.41. The fourth-order valence-electron chi connectivity index (χ4n) is 5.41. The van der Waals surface area contributed by atoms with E-state index < -0.39 is 36.0 Å². The van der Waals surface area contributed by atoms with Gasteiger partial charge in [0.05, 0.1) is 19.8 Å². The number of carbonyl (C=O) groups is 4. The molecule has 9 nitrogen and oxygen atoms in total. The Hall–Kier alpha value is -4.76. The summed E-state index contributed by atoms with van der Waals surface area (Å²) in [5.74, 6) is -0.898. The van der Waals surface area contributed by atoms with Crippen molar-refractivity contribution in [2.45, 2.75) is 57.3 Å². The van der Waals surface area contributed by atoms with Crippen LogP contribution in [0.5, 0.6) is 5.75 Å². The Kier molecular flexibility index (Phi) is 9.55. The number of benzene rings is 3. The Morgan fingerprint density at radius 3 is 2.09 bits per heavy atom. The molecule has 9 heteroatoms. The van der Waals surface area contributed by atoms with Crippen molar-refractivity contribution in [1.82, 2.24) is 16.0 Å². The molecule has 0 bridgehead atoms. The summed E-state index contributed by atoms with van der Waals surface area (Å²) in [6, 6.07) is 21.7. The van der Waals surface area contributed by atoms with Crippen molar-refractivity contribution in [3.05, 3.63) is 107 Å². The van der Waals surface area contributed by atoms with Crippen LogP contribution in [0.25, 0.3) is 5.57 Å². The zero-order valence-electron chi connectivity index (χ0n) is 25.1. The molecule has 5 rings (SSSR count). The predicted molar refractivity (Wildman–Crippen MR) is 166 cm³/mol. The van der Waals surface area contributed by atoms with Crippen LogP contribution in [0.3, 0.4) is 0 Å². The number of hydrogen-bond donors (Lipinski definition) is 3. The van der Waals surface area contributed by atoms with Crippen LogP contribution in [0.2, 0.25) is 0 Å². The van der Waals surface area contributed by atoms with Crippen molar-refractivity contribution in [1.29, 1.82) is 0 Å². The molecule has 4 atom stereocenters. The second-order valence-corrected chi connectivity index (χ2v) is 11.2. The van der Waals surface area contributed by atoms with Crippen molar-refractivity contribution in [3.8, 4) is 5.75 Å². The van der Waals surface area contributed by atoms with Gasteiger partial charge < -0.3 is 25.4 Å². The minimum Gasteiger partial charge on any atom is -0.497 e. The minimum absolute atomic E-state index is 0.161. The Morgan fingerprint density at radius 1 is 0.818 bits per heavy atom. The van der Waals surface area contributed by atoms with E-state index in [4.69, 9.17) is 9.47 Å². The van der Waals surface area contributed by atoms with Gasteiger partial charge in [-0.05, 0) is 60.2 Å². The van der Waals surface area contributed by atoms with Gasteiger partial charge >= 0.3 is 0 Å². The van der Waals surface area contributed by atoms with E-state index >= 15 is 0 Å². The second-order valence-electron chi connectivity index (χ2n) is 11.2. The SMILES string of the molecule is COc1ccc(CC(NC(=O)C(C)NC(=O)C2=C(C)c3ccccc3C2)C(=O)NC(Cc2ccccc2)C(=O)C2CO2)cc1. The molecule has 0 aromatic heterocycles. The maximum atomic E-state index is 13.7. The lowest BCUT2D eigenvalue weighted by molar-refractivity contribution is -0.133. The summed E-state index contributed by atoms with van der Waals surface area (Å²) >= 11 is 0. The van der Waals surface area contributed by atoms with Crippen molar-refractivity contribution >= 4 is 29.1 Å². The number of hydrogen-bond acceptors (Lipinski definition) is 6. The van der Waals surface area contributed by atoms with E-state index in [0.29, 0.717) is 24.4 Å². The molecule has 1 fully saturated rings. The third-order valence-electron chi connectivity index (χ3n) is 8.08. The van der Waals surface area contributed by atoms with Crippen molar-refractivity contribution in [3.63, 3.8) is 0 Å². The number of allylic oxidation sites excluding steroid dienone is 1. The van der Waals surface area contributed by atoms with E-state index in [9.17, 15) is 19.2 Å². The summed E-state index contributed by atoms with van der Waals surface area (Å²) < 4.78 is 10.5. The van der Waals surface area contributed by atoms with Gasteiger partial charge in [0.1, 0.15) is 23.9 Å². The first-order chi connectivity index (χ1) is 21.2. The standard InChI is InChI=1S/C35H37N3O6/c1-21-27-12-8-7-11-25(27)19-28(21)34(41)36-22(2)33(40)38-30(18-24-13-15-26(43-3)16-14-24)35(42)37-29(32(39)31-20-44-31)17-23-9-5-4-6-10-23/h4-16,22,29-31H,17-20H2,1-3H3,(H,36,41)(H,37,42)(H,38,40). The predicted octanol–water partition coefficient (Wildman–Crippen LogP) is 2.95. The number of methoxy groups -OCH3 is 1. The van der Waals surface area contributed by atoms with Crippen molar-refractivity contribution in [2.75, 3.05) is 13.7 Å². The maximum Gasteiger partial charge on any atom is 0.248 e. The number of ether oxygens (including phenoxy) is 2. The van der Waals surface area contributed by atoms with Gasteiger partial charge in [0.2, 0.25) is 17.7 Å². The molecular weight excluding hydrogens is 558 g/mol. The number of nitrogens with one attached hydrogen (secondary N) is 3. The number of ketones is 1. The molecule has 3 aromatic carbocycles. The van der Waals surface area contributed by atoms with Crippen LogP contribution in [0.1, 0.15) is 36.1 Å². The van der Waals surface area contributed by atoms with Crippen LogP contribution in [0, 0.1) is 0 Å². The summed E-state index contributed by atoms with van der Waals surface area (Å²) in [5, 5.41) is 8.49. The lowest BCUT2D eigenvalue weighted by atomic mass is 9.99. The number of carbonyl (C=O) groups excluding carboxylic acids is 4. The number of epoxide rings is 1. The Morgan fingerprint density at radius 2 is 1.43 bits per heavy atom. The molecule has 1 aliphatic carbocycles. The summed E-state index contributed by atoms with van der Waals surface area (Å²) in [6.07, 6.45) is 0.395. The van der Waals surface area contributed by atoms with Gasteiger partial charge in [0, 0.05) is 18.4 Å². The Bertz CT molecular complexity index is 1560. The maximum absolute atomic E-state index is 13.7. The molecule has 0 radical (unpaired) electrons. The average Bonchev–Trinajstić information content (AvgIpc) is 3.83. The van der Waals surface area contributed by atoms with Gasteiger partial charge in [-0.25, -0.2) is 0 Å². The quantitative estimate of drug-likeness (QED) is 0.261. The number of rotatable bonds is 13. The highest BCUT2D eigenvalue weighted by molar-refractivity contribution is 6.05. The molecular formula is C35H37N3O6. The van der Waals surface area contributed by atoms with Crippen molar-refractivity contribution in [2.24, 2.45) is 0 Å². The lowest BCUT2D eigenvalue weighted by Crippen LogP contribution is -2.56. The third-order valence-corrected chi connectivity index (χ3v) is 8.08. The molecule has 3 N–H and O–H groups in total. The highest BCUT2D eigenvalue weighted by atomic mass is 16.6. The number of Topliss-reactive ketones (excluding diaryl/α,β-unsaturated/α-hetero) is 1. The van der Waals surface area contributed by atoms with Gasteiger partial charge in [0.15, 0.2) is 5.78 Å². The first kappa shape index (κ1) is 30.7. The highest BCUT2D eigenvalue weighted by Gasteiger charge is 2.38. The molecule has 1 aliphatic heterocycles. The molecule has 0 saturated carbocycles. The highest BCUT2D eigenvalue weighted by Crippen LogP contribution is 2.32. The fourth-order valence-corrected chi connectivity index (χ4v) is 5.41. The average molecular weight is 596 g/mol. The van der Waals surface area contributed by atoms with Gasteiger partial charge in [0.25, 0.3) is 0 Å². The van der Waals surface area contributed by atoms with Gasteiger partial charge in [-0.2, -0.15) is 0 Å². The van der Waals surface area contributed by atoms with E-state index in [1.165, 1.54) is 0 Å². The second kappa shape index (κ2) is 13.7. The summed E-state index contributed by atoms with van der Waals surface area (Å²) in [4.78, 5) is 53.4. The Labute approximate surface area is 257 Å². The fraction of sp³-hybridized carbons (Fsp3) is 0.314. The molecule has 4 unspecified atom stereocenters. The van der Waals surface area contributed by atoms with Gasteiger partial charge in [-0.3, -0.25) is 19.2 Å². The van der Waals surface area contributed by atoms with Gasteiger partial charge in [-0.1, -0.05) is 66.7 Å². The van der Waals surface area contributed by atoms with E-state index in [-0.39, 0.29) is 24.5 Å². The molecule has 44 heavy (non-hydrogen) atoms. The summed E-state index contributed by atoms with van der Waals surface area (Å²) in [6.45, 7) is 3.81. The topological polar surface area (TPSA) is 126 Å². The van der Waals surface area contributed by atoms with Gasteiger partial charge in [-0.15, -0.1) is 0 Å². The zero-order chi connectivity index (χ0) is 31.2. The monoisotopic (exact) mass is 595 g/mol. The molecule has 1 saturated heterocycles. The first-order valence-electron chi connectivity index (χ1n) is 14.7. The number of amides is 3. The van der Waals surface area contributed by atoms with E-state index in [0.717, 1.165) is 27.8 Å². The van der Waals surface area contributed by atoms with Crippen LogP contribution in [0.4, 0.5) is 0 Å². The minimum atomic E-state index is -1.02. The molecule has 1 heterocycles. The number of fused-ring (bicyclic) bond motifs is 1. The molecule has 0 spiro atoms. The van der Waals surface area contributed by atoms with Crippen LogP contribution >= 0.6 is 0 Å². The van der Waals surface area contributed by atoms with Crippen molar-refractivity contribution < 1.29 is 28.7 Å². The first-order valence-corrected chi connectivity index (χ1v) is 14.7. The van der Waals surface area contributed by atoms with Crippen LogP contribution in [-0.2, 0) is 43.2 Å². The zero-order valence-corrected chi connectivity index (χ0v) is 25.1. The van der Waals surface area contributed by atoms with E-state index in [1.54, 1.807) is 26.2 Å². The normalized spacial score (nSPS) is 17.1. The lowest BCUT2D eigenvalue weighted by Gasteiger charge is -2.24. The van der Waals surface area contributed by atoms with Crippen LogP contribution in [-0.4, -0.2) is 61.5 Å². The molecule has 228 valence electrons. The van der Waals surface area contributed by atoms with E-state index in [2.05, 4.69) is 16.0 Å². The molecule has 3 aromatic rings. The van der Waals surface area contributed by atoms with Crippen LogP contribution in [0.15, 0.2) is 84.4 Å². The largest absolute Gasteiger partial charge is 0.497 e. The molecule has 3 amide bonds. The summed E-state index contributed by atoms with van der Waals surface area (Å²) in [5.41, 5.74) is 5.27. The molecule has 2 aliphatic rings.